The quantitative estimate of drug-likeness (QED) is 0.640. The van der Waals surface area contributed by atoms with Gasteiger partial charge in [-0.3, -0.25) is 5.01 Å². The number of hydrazine groups is 1. The first-order chi connectivity index (χ1) is 8.25. The molecule has 0 radical (unpaired) electrons. The van der Waals surface area contributed by atoms with Crippen LogP contribution in [0.15, 0.2) is 60.8 Å². The zero-order valence-corrected chi connectivity index (χ0v) is 9.88. The van der Waals surface area contributed by atoms with Crippen molar-refractivity contribution in [3.63, 3.8) is 0 Å². The third-order valence-electron chi connectivity index (χ3n) is 2.56. The minimum Gasteiger partial charge on any atom is -0.287 e. The lowest BCUT2D eigenvalue weighted by Crippen LogP contribution is -2.23. The Kier molecular flexibility index (Phi) is 3.58. The first-order valence-corrected chi connectivity index (χ1v) is 5.59. The molecule has 0 fully saturated rings. The second-order valence-corrected chi connectivity index (χ2v) is 3.97. The highest BCUT2D eigenvalue weighted by Crippen LogP contribution is 2.13. The van der Waals surface area contributed by atoms with Crippen LogP contribution in [0, 0.1) is 6.92 Å². The van der Waals surface area contributed by atoms with Gasteiger partial charge in [0.2, 0.25) is 0 Å². The van der Waals surface area contributed by atoms with E-state index in [1.165, 1.54) is 5.56 Å². The lowest BCUT2D eigenvalue weighted by atomic mass is 10.2. The molecule has 0 aliphatic carbocycles. The van der Waals surface area contributed by atoms with Crippen LogP contribution >= 0.6 is 0 Å². The van der Waals surface area contributed by atoms with E-state index in [0.717, 1.165) is 11.3 Å². The van der Waals surface area contributed by atoms with Crippen LogP contribution in [0.3, 0.4) is 0 Å². The van der Waals surface area contributed by atoms with Crippen molar-refractivity contribution < 1.29 is 0 Å². The van der Waals surface area contributed by atoms with Crippen molar-refractivity contribution in [3.05, 3.63) is 71.9 Å². The number of rotatable bonds is 3. The van der Waals surface area contributed by atoms with E-state index in [4.69, 9.17) is 5.84 Å². The van der Waals surface area contributed by atoms with Gasteiger partial charge in [-0.2, -0.15) is 0 Å². The molecule has 2 heteroatoms. The average Bonchev–Trinajstić information content (AvgIpc) is 2.38. The van der Waals surface area contributed by atoms with Crippen LogP contribution in [0.5, 0.6) is 0 Å². The molecule has 0 atom stereocenters. The van der Waals surface area contributed by atoms with Crippen LogP contribution in [0.1, 0.15) is 11.1 Å². The molecular weight excluding hydrogens is 208 g/mol. The predicted octanol–water partition coefficient (Wildman–Crippen LogP) is 3.35. The molecule has 86 valence electrons. The lowest BCUT2D eigenvalue weighted by molar-refractivity contribution is 1.08. The Morgan fingerprint density at radius 3 is 2.24 bits per heavy atom. The highest BCUT2D eigenvalue weighted by Gasteiger charge is 1.95. The normalized spacial score (nSPS) is 10.7. The molecule has 0 unspecified atom stereocenters. The molecule has 2 N–H and O–H groups in total. The fraction of sp³-hybridized carbons (Fsp3) is 0.0667. The second-order valence-electron chi connectivity index (χ2n) is 3.97. The summed E-state index contributed by atoms with van der Waals surface area (Å²) in [6, 6.07) is 18.2. The first kappa shape index (κ1) is 11.4. The molecule has 0 spiro atoms. The van der Waals surface area contributed by atoms with Gasteiger partial charge in [0.05, 0.1) is 5.69 Å². The Morgan fingerprint density at radius 1 is 0.941 bits per heavy atom. The highest BCUT2D eigenvalue weighted by atomic mass is 15.4. The summed E-state index contributed by atoms with van der Waals surface area (Å²) in [6.07, 6.45) is 3.85. The maximum atomic E-state index is 5.94. The van der Waals surface area contributed by atoms with E-state index in [1.54, 1.807) is 5.01 Å². The highest BCUT2D eigenvalue weighted by molar-refractivity contribution is 5.56. The van der Waals surface area contributed by atoms with Crippen LogP contribution in [-0.2, 0) is 0 Å². The molecule has 0 aromatic heterocycles. The Hall–Kier alpha value is -2.06. The maximum absolute atomic E-state index is 5.94. The molecule has 0 aliphatic rings. The second kappa shape index (κ2) is 5.32. The Morgan fingerprint density at radius 2 is 1.59 bits per heavy atom. The average molecular weight is 224 g/mol. The Labute approximate surface area is 102 Å². The van der Waals surface area contributed by atoms with Gasteiger partial charge in [-0.1, -0.05) is 48.0 Å². The van der Waals surface area contributed by atoms with Gasteiger partial charge in [0.1, 0.15) is 0 Å². The van der Waals surface area contributed by atoms with Gasteiger partial charge in [0.25, 0.3) is 0 Å². The van der Waals surface area contributed by atoms with E-state index >= 15 is 0 Å². The fourth-order valence-electron chi connectivity index (χ4n) is 1.53. The van der Waals surface area contributed by atoms with E-state index in [9.17, 15) is 0 Å². The smallest absolute Gasteiger partial charge is 0.0568 e. The standard InChI is InChI=1S/C15H16N2/c1-13-7-9-15(10-8-13)17(16)12-11-14-5-3-2-4-6-14/h2-12H,16H2,1H3. The van der Waals surface area contributed by atoms with E-state index in [0.29, 0.717) is 0 Å². The number of hydrogen-bond donors (Lipinski definition) is 1. The van der Waals surface area contributed by atoms with Gasteiger partial charge < -0.3 is 0 Å². The topological polar surface area (TPSA) is 29.3 Å². The fourth-order valence-corrected chi connectivity index (χ4v) is 1.53. The zero-order valence-electron chi connectivity index (χ0n) is 9.88. The van der Waals surface area contributed by atoms with Crippen molar-refractivity contribution in [3.8, 4) is 0 Å². The molecule has 0 amide bonds. The molecule has 2 rings (SSSR count). The van der Waals surface area contributed by atoms with Crippen LogP contribution in [-0.4, -0.2) is 0 Å². The summed E-state index contributed by atoms with van der Waals surface area (Å²) in [5.74, 6) is 5.94. The van der Waals surface area contributed by atoms with E-state index in [1.807, 2.05) is 66.9 Å². The number of nitrogens with zero attached hydrogens (tertiary/aromatic N) is 1. The summed E-state index contributed by atoms with van der Waals surface area (Å²) in [7, 11) is 0. The van der Waals surface area contributed by atoms with Crippen LogP contribution < -0.4 is 10.9 Å². The third-order valence-corrected chi connectivity index (χ3v) is 2.56. The van der Waals surface area contributed by atoms with Crippen LogP contribution in [0.25, 0.3) is 6.08 Å². The molecule has 17 heavy (non-hydrogen) atoms. The number of hydrogen-bond acceptors (Lipinski definition) is 2. The zero-order chi connectivity index (χ0) is 12.1. The van der Waals surface area contributed by atoms with E-state index in [2.05, 4.69) is 6.92 Å². The van der Waals surface area contributed by atoms with Crippen molar-refractivity contribution >= 4 is 11.8 Å². The largest absolute Gasteiger partial charge is 0.287 e. The summed E-state index contributed by atoms with van der Waals surface area (Å²) in [6.45, 7) is 2.06. The summed E-state index contributed by atoms with van der Waals surface area (Å²) < 4.78 is 0. The van der Waals surface area contributed by atoms with Crippen molar-refractivity contribution in [2.24, 2.45) is 5.84 Å². The summed E-state index contributed by atoms with van der Waals surface area (Å²) >= 11 is 0. The summed E-state index contributed by atoms with van der Waals surface area (Å²) in [5, 5.41) is 1.62. The minimum absolute atomic E-state index is 0.975. The molecule has 2 nitrogen and oxygen atoms in total. The third kappa shape index (κ3) is 3.20. The molecule has 2 aromatic carbocycles. The molecule has 0 aliphatic heterocycles. The SMILES string of the molecule is Cc1ccc(N(N)C=Cc2ccccc2)cc1. The van der Waals surface area contributed by atoms with Gasteiger partial charge in [-0.15, -0.1) is 0 Å². The number of nitrogens with two attached hydrogens (primary N) is 1. The van der Waals surface area contributed by atoms with Crippen LogP contribution in [0.4, 0.5) is 5.69 Å². The predicted molar refractivity (Wildman–Crippen MR) is 73.3 cm³/mol. The monoisotopic (exact) mass is 224 g/mol. The summed E-state index contributed by atoms with van der Waals surface area (Å²) in [4.78, 5) is 0. The van der Waals surface area contributed by atoms with Crippen molar-refractivity contribution in [2.75, 3.05) is 5.01 Å². The Balaban J connectivity index is 2.09. The van der Waals surface area contributed by atoms with Gasteiger partial charge in [0.15, 0.2) is 0 Å². The maximum Gasteiger partial charge on any atom is 0.0568 e. The number of aryl methyl sites for hydroxylation is 1. The van der Waals surface area contributed by atoms with Crippen molar-refractivity contribution in [2.45, 2.75) is 6.92 Å². The number of benzene rings is 2. The molecule has 0 heterocycles. The van der Waals surface area contributed by atoms with Gasteiger partial charge >= 0.3 is 0 Å². The molecule has 0 bridgehead atoms. The molecule has 0 saturated carbocycles. The molecular formula is C15H16N2. The van der Waals surface area contributed by atoms with Crippen molar-refractivity contribution in [1.29, 1.82) is 0 Å². The summed E-state index contributed by atoms with van der Waals surface area (Å²) in [5.41, 5.74) is 3.34. The Bertz CT molecular complexity index is 486. The minimum atomic E-state index is 0.975. The van der Waals surface area contributed by atoms with Gasteiger partial charge in [0, 0.05) is 6.20 Å². The van der Waals surface area contributed by atoms with E-state index < -0.39 is 0 Å². The van der Waals surface area contributed by atoms with Gasteiger partial charge in [-0.05, 0) is 30.7 Å². The van der Waals surface area contributed by atoms with Crippen LogP contribution in [0.2, 0.25) is 0 Å². The van der Waals surface area contributed by atoms with Crippen molar-refractivity contribution in [1.82, 2.24) is 0 Å². The van der Waals surface area contributed by atoms with Gasteiger partial charge in [-0.25, -0.2) is 5.84 Å². The number of anilines is 1. The molecule has 2 aromatic rings. The van der Waals surface area contributed by atoms with E-state index in [-0.39, 0.29) is 0 Å². The first-order valence-electron chi connectivity index (χ1n) is 5.59. The molecule has 0 saturated heterocycles. The lowest BCUT2D eigenvalue weighted by Gasteiger charge is -2.13.